The molecule has 0 unspecified atom stereocenters. The molecule has 2 heteroatoms. The molecule has 0 bridgehead atoms. The van der Waals surface area contributed by atoms with Gasteiger partial charge in [-0.3, -0.25) is 0 Å². The number of hydrogen-bond acceptors (Lipinski definition) is 1. The number of rotatable bonds is 3. The standard InChI is InChI=1S/C13H18FN/c1-2-15-8-7-12(10-15)9-11-3-5-13(14)6-4-11/h3-6,12H,2,7-10H2,1H3/t12-/m1/s1. The summed E-state index contributed by atoms with van der Waals surface area (Å²) in [4.78, 5) is 2.48. The van der Waals surface area contributed by atoms with Gasteiger partial charge in [-0.2, -0.15) is 0 Å². The Balaban J connectivity index is 1.90. The molecule has 1 aromatic carbocycles. The van der Waals surface area contributed by atoms with Gasteiger partial charge in [0.05, 0.1) is 0 Å². The Labute approximate surface area is 90.9 Å². The monoisotopic (exact) mass is 207 g/mol. The second-order valence-corrected chi connectivity index (χ2v) is 4.38. The van der Waals surface area contributed by atoms with E-state index in [2.05, 4.69) is 11.8 Å². The van der Waals surface area contributed by atoms with Crippen LogP contribution in [0.25, 0.3) is 0 Å². The molecule has 0 amide bonds. The van der Waals surface area contributed by atoms with Crippen LogP contribution < -0.4 is 0 Å². The predicted molar refractivity (Wildman–Crippen MR) is 60.3 cm³/mol. The fourth-order valence-electron chi connectivity index (χ4n) is 2.32. The Morgan fingerprint density at radius 3 is 2.67 bits per heavy atom. The number of likely N-dealkylation sites (tertiary alicyclic amines) is 1. The van der Waals surface area contributed by atoms with Crippen molar-refractivity contribution in [2.45, 2.75) is 19.8 Å². The Morgan fingerprint density at radius 1 is 1.33 bits per heavy atom. The zero-order valence-corrected chi connectivity index (χ0v) is 9.25. The minimum Gasteiger partial charge on any atom is -0.303 e. The van der Waals surface area contributed by atoms with Crippen molar-refractivity contribution in [1.29, 1.82) is 0 Å². The molecule has 1 nitrogen and oxygen atoms in total. The lowest BCUT2D eigenvalue weighted by Crippen LogP contribution is -2.20. The Bertz CT molecular complexity index is 307. The van der Waals surface area contributed by atoms with Crippen LogP contribution in [0.3, 0.4) is 0 Å². The largest absolute Gasteiger partial charge is 0.303 e. The Morgan fingerprint density at radius 2 is 2.07 bits per heavy atom. The topological polar surface area (TPSA) is 3.24 Å². The Hall–Kier alpha value is -0.890. The summed E-state index contributed by atoms with van der Waals surface area (Å²) in [6.45, 7) is 5.79. The third-order valence-electron chi connectivity index (χ3n) is 3.25. The Kier molecular flexibility index (Phi) is 3.37. The van der Waals surface area contributed by atoms with E-state index in [0.717, 1.165) is 18.9 Å². The first-order valence-electron chi connectivity index (χ1n) is 5.74. The molecule has 2 rings (SSSR count). The average molecular weight is 207 g/mol. The van der Waals surface area contributed by atoms with Crippen molar-refractivity contribution in [3.8, 4) is 0 Å². The van der Waals surface area contributed by atoms with Crippen LogP contribution >= 0.6 is 0 Å². The SMILES string of the molecule is CCN1CC[C@H](Cc2ccc(F)cc2)C1. The van der Waals surface area contributed by atoms with E-state index < -0.39 is 0 Å². The summed E-state index contributed by atoms with van der Waals surface area (Å²) < 4.78 is 12.7. The smallest absolute Gasteiger partial charge is 0.123 e. The lowest BCUT2D eigenvalue weighted by Gasteiger charge is -2.12. The van der Waals surface area contributed by atoms with Crippen molar-refractivity contribution in [2.24, 2.45) is 5.92 Å². The number of nitrogens with zero attached hydrogens (tertiary/aromatic N) is 1. The van der Waals surface area contributed by atoms with Crippen LogP contribution in [0.2, 0.25) is 0 Å². The second-order valence-electron chi connectivity index (χ2n) is 4.38. The van der Waals surface area contributed by atoms with E-state index >= 15 is 0 Å². The highest BCUT2D eigenvalue weighted by molar-refractivity contribution is 5.16. The molecular formula is C13H18FN. The van der Waals surface area contributed by atoms with Crippen LogP contribution in [-0.2, 0) is 6.42 Å². The summed E-state index contributed by atoms with van der Waals surface area (Å²) in [5.74, 6) is 0.621. The van der Waals surface area contributed by atoms with Gasteiger partial charge in [-0.1, -0.05) is 19.1 Å². The molecule has 1 fully saturated rings. The summed E-state index contributed by atoms with van der Waals surface area (Å²) >= 11 is 0. The highest BCUT2D eigenvalue weighted by atomic mass is 19.1. The molecule has 82 valence electrons. The summed E-state index contributed by atoms with van der Waals surface area (Å²) in [5, 5.41) is 0. The molecule has 0 aromatic heterocycles. The van der Waals surface area contributed by atoms with Crippen LogP contribution in [0, 0.1) is 11.7 Å². The van der Waals surface area contributed by atoms with Gasteiger partial charge in [-0.25, -0.2) is 4.39 Å². The second kappa shape index (κ2) is 4.75. The zero-order valence-electron chi connectivity index (χ0n) is 9.25. The molecule has 0 N–H and O–H groups in total. The summed E-state index contributed by atoms with van der Waals surface area (Å²) in [6, 6.07) is 6.93. The molecule has 1 atom stereocenters. The number of benzene rings is 1. The van der Waals surface area contributed by atoms with E-state index in [-0.39, 0.29) is 5.82 Å². The lowest BCUT2D eigenvalue weighted by atomic mass is 9.99. The van der Waals surface area contributed by atoms with E-state index in [1.807, 2.05) is 12.1 Å². The van der Waals surface area contributed by atoms with Gasteiger partial charge >= 0.3 is 0 Å². The van der Waals surface area contributed by atoms with Gasteiger partial charge in [-0.05, 0) is 49.5 Å². The molecule has 1 saturated heterocycles. The minimum absolute atomic E-state index is 0.139. The first kappa shape index (κ1) is 10.6. The predicted octanol–water partition coefficient (Wildman–Crippen LogP) is 2.71. The van der Waals surface area contributed by atoms with Crippen molar-refractivity contribution < 1.29 is 4.39 Å². The lowest BCUT2D eigenvalue weighted by molar-refractivity contribution is 0.342. The molecule has 0 spiro atoms. The summed E-state index contributed by atoms with van der Waals surface area (Å²) in [7, 11) is 0. The first-order chi connectivity index (χ1) is 7.28. The van der Waals surface area contributed by atoms with Gasteiger partial charge in [0.25, 0.3) is 0 Å². The van der Waals surface area contributed by atoms with Crippen molar-refractivity contribution >= 4 is 0 Å². The maximum absolute atomic E-state index is 12.7. The molecule has 15 heavy (non-hydrogen) atoms. The van der Waals surface area contributed by atoms with E-state index in [4.69, 9.17) is 0 Å². The molecule has 1 aliphatic heterocycles. The molecule has 0 saturated carbocycles. The van der Waals surface area contributed by atoms with Crippen LogP contribution in [-0.4, -0.2) is 24.5 Å². The highest BCUT2D eigenvalue weighted by Crippen LogP contribution is 2.20. The third-order valence-corrected chi connectivity index (χ3v) is 3.25. The van der Waals surface area contributed by atoms with Crippen LogP contribution in [0.1, 0.15) is 18.9 Å². The highest BCUT2D eigenvalue weighted by Gasteiger charge is 2.20. The quantitative estimate of drug-likeness (QED) is 0.736. The summed E-state index contributed by atoms with van der Waals surface area (Å²) in [6.07, 6.45) is 2.38. The van der Waals surface area contributed by atoms with Gasteiger partial charge in [0.2, 0.25) is 0 Å². The average Bonchev–Trinajstić information content (AvgIpc) is 2.69. The van der Waals surface area contributed by atoms with Gasteiger partial charge in [0, 0.05) is 6.54 Å². The number of halogens is 1. The zero-order chi connectivity index (χ0) is 10.7. The fourth-order valence-corrected chi connectivity index (χ4v) is 2.32. The van der Waals surface area contributed by atoms with E-state index in [1.54, 1.807) is 12.1 Å². The van der Waals surface area contributed by atoms with Crippen LogP contribution in [0.5, 0.6) is 0 Å². The molecule has 1 heterocycles. The molecule has 0 aliphatic carbocycles. The van der Waals surface area contributed by atoms with Crippen LogP contribution in [0.15, 0.2) is 24.3 Å². The molecular weight excluding hydrogens is 189 g/mol. The van der Waals surface area contributed by atoms with E-state index in [0.29, 0.717) is 0 Å². The van der Waals surface area contributed by atoms with Crippen molar-refractivity contribution in [1.82, 2.24) is 4.90 Å². The maximum atomic E-state index is 12.7. The van der Waals surface area contributed by atoms with E-state index in [9.17, 15) is 4.39 Å². The normalized spacial score (nSPS) is 22.1. The van der Waals surface area contributed by atoms with Gasteiger partial charge < -0.3 is 4.90 Å². The maximum Gasteiger partial charge on any atom is 0.123 e. The van der Waals surface area contributed by atoms with Gasteiger partial charge in [-0.15, -0.1) is 0 Å². The van der Waals surface area contributed by atoms with Crippen molar-refractivity contribution in [2.75, 3.05) is 19.6 Å². The number of hydrogen-bond donors (Lipinski definition) is 0. The van der Waals surface area contributed by atoms with Gasteiger partial charge in [0.1, 0.15) is 5.82 Å². The third kappa shape index (κ3) is 2.78. The molecule has 1 aliphatic rings. The van der Waals surface area contributed by atoms with Crippen molar-refractivity contribution in [3.05, 3.63) is 35.6 Å². The molecule has 1 aromatic rings. The fraction of sp³-hybridized carbons (Fsp3) is 0.538. The first-order valence-corrected chi connectivity index (χ1v) is 5.74. The van der Waals surface area contributed by atoms with Crippen molar-refractivity contribution in [3.63, 3.8) is 0 Å². The van der Waals surface area contributed by atoms with Crippen LogP contribution in [0.4, 0.5) is 4.39 Å². The van der Waals surface area contributed by atoms with E-state index in [1.165, 1.54) is 25.1 Å². The molecule has 0 radical (unpaired) electrons. The summed E-state index contributed by atoms with van der Waals surface area (Å²) in [5.41, 5.74) is 1.26. The minimum atomic E-state index is -0.139. The van der Waals surface area contributed by atoms with Gasteiger partial charge in [0.15, 0.2) is 0 Å².